The molecule has 1 aliphatic rings. The SMILES string of the molecule is CCNCc1cccc(F)c1N(C)C1CCCC1. The first kappa shape index (κ1) is 13.3. The molecule has 1 fully saturated rings. The van der Waals surface area contributed by atoms with Crippen molar-refractivity contribution in [2.75, 3.05) is 18.5 Å². The van der Waals surface area contributed by atoms with Gasteiger partial charge in [0.05, 0.1) is 5.69 Å². The van der Waals surface area contributed by atoms with Gasteiger partial charge in [-0.1, -0.05) is 31.9 Å². The van der Waals surface area contributed by atoms with Crippen LogP contribution in [0.25, 0.3) is 0 Å². The van der Waals surface area contributed by atoms with Crippen molar-refractivity contribution in [2.24, 2.45) is 0 Å². The lowest BCUT2D eigenvalue weighted by Crippen LogP contribution is -2.31. The molecule has 0 spiro atoms. The third kappa shape index (κ3) is 2.83. The normalized spacial score (nSPS) is 16.2. The summed E-state index contributed by atoms with van der Waals surface area (Å²) < 4.78 is 14.1. The van der Waals surface area contributed by atoms with E-state index in [-0.39, 0.29) is 5.82 Å². The molecule has 18 heavy (non-hydrogen) atoms. The van der Waals surface area contributed by atoms with Gasteiger partial charge in [-0.3, -0.25) is 0 Å². The van der Waals surface area contributed by atoms with E-state index < -0.39 is 0 Å². The van der Waals surface area contributed by atoms with Crippen molar-refractivity contribution in [3.63, 3.8) is 0 Å². The zero-order valence-corrected chi connectivity index (χ0v) is 11.4. The Hall–Kier alpha value is -1.09. The predicted molar refractivity (Wildman–Crippen MR) is 74.4 cm³/mol. The Morgan fingerprint density at radius 2 is 2.06 bits per heavy atom. The summed E-state index contributed by atoms with van der Waals surface area (Å²) >= 11 is 0. The van der Waals surface area contributed by atoms with E-state index >= 15 is 0 Å². The number of nitrogens with zero attached hydrogens (tertiary/aromatic N) is 1. The highest BCUT2D eigenvalue weighted by Crippen LogP contribution is 2.31. The second kappa shape index (κ2) is 6.19. The van der Waals surface area contributed by atoms with E-state index in [1.54, 1.807) is 12.1 Å². The summed E-state index contributed by atoms with van der Waals surface area (Å²) in [5.41, 5.74) is 1.84. The molecule has 0 radical (unpaired) electrons. The largest absolute Gasteiger partial charge is 0.369 e. The third-order valence-electron chi connectivity index (χ3n) is 3.86. The van der Waals surface area contributed by atoms with Crippen molar-refractivity contribution < 1.29 is 4.39 Å². The molecule has 0 unspecified atom stereocenters. The lowest BCUT2D eigenvalue weighted by Gasteiger charge is -2.29. The number of rotatable bonds is 5. The molecule has 1 N–H and O–H groups in total. The Labute approximate surface area is 109 Å². The summed E-state index contributed by atoms with van der Waals surface area (Å²) in [7, 11) is 2.03. The lowest BCUT2D eigenvalue weighted by molar-refractivity contribution is 0.588. The Balaban J connectivity index is 2.23. The number of anilines is 1. The average Bonchev–Trinajstić information content (AvgIpc) is 2.89. The van der Waals surface area contributed by atoms with Crippen molar-refractivity contribution in [1.82, 2.24) is 5.32 Å². The summed E-state index contributed by atoms with van der Waals surface area (Å²) in [5.74, 6) is -0.0974. The van der Waals surface area contributed by atoms with Crippen molar-refractivity contribution >= 4 is 5.69 Å². The topological polar surface area (TPSA) is 15.3 Å². The molecule has 0 saturated heterocycles. The van der Waals surface area contributed by atoms with Gasteiger partial charge >= 0.3 is 0 Å². The molecule has 1 aliphatic carbocycles. The van der Waals surface area contributed by atoms with Crippen molar-refractivity contribution in [3.05, 3.63) is 29.6 Å². The molecular weight excluding hydrogens is 227 g/mol. The number of nitrogens with one attached hydrogen (secondary N) is 1. The van der Waals surface area contributed by atoms with Crippen LogP contribution < -0.4 is 10.2 Å². The van der Waals surface area contributed by atoms with Crippen molar-refractivity contribution in [2.45, 2.75) is 45.2 Å². The van der Waals surface area contributed by atoms with Gasteiger partial charge in [-0.2, -0.15) is 0 Å². The van der Waals surface area contributed by atoms with Crippen LogP contribution in [0.4, 0.5) is 10.1 Å². The van der Waals surface area contributed by atoms with Crippen LogP contribution in [0.5, 0.6) is 0 Å². The van der Waals surface area contributed by atoms with Crippen LogP contribution in [0.1, 0.15) is 38.2 Å². The van der Waals surface area contributed by atoms with Crippen molar-refractivity contribution in [3.8, 4) is 0 Å². The molecule has 0 bridgehead atoms. The van der Waals surface area contributed by atoms with Crippen LogP contribution in [0, 0.1) is 5.82 Å². The average molecular weight is 250 g/mol. The van der Waals surface area contributed by atoms with Crippen LogP contribution in [0.15, 0.2) is 18.2 Å². The number of benzene rings is 1. The van der Waals surface area contributed by atoms with E-state index in [0.29, 0.717) is 6.04 Å². The van der Waals surface area contributed by atoms with E-state index in [0.717, 1.165) is 24.3 Å². The highest BCUT2D eigenvalue weighted by atomic mass is 19.1. The van der Waals surface area contributed by atoms with Gasteiger partial charge in [-0.15, -0.1) is 0 Å². The van der Waals surface area contributed by atoms with Crippen LogP contribution in [-0.4, -0.2) is 19.6 Å². The van der Waals surface area contributed by atoms with Gasteiger partial charge in [0.1, 0.15) is 5.82 Å². The first-order chi connectivity index (χ1) is 8.74. The highest BCUT2D eigenvalue weighted by Gasteiger charge is 2.23. The molecule has 2 rings (SSSR count). The predicted octanol–water partition coefficient (Wildman–Crippen LogP) is 3.31. The molecule has 100 valence electrons. The smallest absolute Gasteiger partial charge is 0.146 e. The Morgan fingerprint density at radius 3 is 2.72 bits per heavy atom. The van der Waals surface area contributed by atoms with E-state index in [1.807, 2.05) is 13.1 Å². The Bertz CT molecular complexity index is 386. The quantitative estimate of drug-likeness (QED) is 0.862. The molecule has 0 heterocycles. The van der Waals surface area contributed by atoms with Gasteiger partial charge in [0.2, 0.25) is 0 Å². The maximum absolute atomic E-state index is 14.1. The maximum atomic E-state index is 14.1. The second-order valence-corrected chi connectivity index (χ2v) is 5.08. The molecule has 0 aliphatic heterocycles. The lowest BCUT2D eigenvalue weighted by atomic mass is 10.1. The van der Waals surface area contributed by atoms with Crippen molar-refractivity contribution in [1.29, 1.82) is 0 Å². The van der Waals surface area contributed by atoms with E-state index in [1.165, 1.54) is 25.7 Å². The fourth-order valence-corrected chi connectivity index (χ4v) is 2.83. The molecule has 3 heteroatoms. The first-order valence-corrected chi connectivity index (χ1v) is 6.95. The van der Waals surface area contributed by atoms with E-state index in [2.05, 4.69) is 17.1 Å². The van der Waals surface area contributed by atoms with Gasteiger partial charge in [-0.25, -0.2) is 4.39 Å². The maximum Gasteiger partial charge on any atom is 0.146 e. The Kier molecular flexibility index (Phi) is 4.59. The summed E-state index contributed by atoms with van der Waals surface area (Å²) in [6.07, 6.45) is 4.91. The van der Waals surface area contributed by atoms with Crippen LogP contribution in [0.3, 0.4) is 0 Å². The fourth-order valence-electron chi connectivity index (χ4n) is 2.83. The summed E-state index contributed by atoms with van der Waals surface area (Å²) in [4.78, 5) is 2.15. The molecule has 1 aromatic carbocycles. The van der Waals surface area contributed by atoms with Crippen LogP contribution in [0.2, 0.25) is 0 Å². The van der Waals surface area contributed by atoms with Gasteiger partial charge < -0.3 is 10.2 Å². The number of halogens is 1. The zero-order valence-electron chi connectivity index (χ0n) is 11.4. The van der Waals surface area contributed by atoms with Crippen LogP contribution in [-0.2, 0) is 6.54 Å². The summed E-state index contributed by atoms with van der Waals surface area (Å²) in [6, 6.07) is 5.89. The van der Waals surface area contributed by atoms with E-state index in [4.69, 9.17) is 0 Å². The minimum atomic E-state index is -0.0974. The summed E-state index contributed by atoms with van der Waals surface area (Å²) in [5, 5.41) is 3.28. The van der Waals surface area contributed by atoms with Gasteiger partial charge in [0.25, 0.3) is 0 Å². The monoisotopic (exact) mass is 250 g/mol. The number of hydrogen-bond donors (Lipinski definition) is 1. The fraction of sp³-hybridized carbons (Fsp3) is 0.600. The molecule has 1 aromatic rings. The minimum absolute atomic E-state index is 0.0974. The molecule has 0 amide bonds. The Morgan fingerprint density at radius 1 is 1.33 bits per heavy atom. The molecule has 0 atom stereocenters. The van der Waals surface area contributed by atoms with Gasteiger partial charge in [0.15, 0.2) is 0 Å². The number of hydrogen-bond acceptors (Lipinski definition) is 2. The highest BCUT2D eigenvalue weighted by molar-refractivity contribution is 5.55. The molecule has 1 saturated carbocycles. The molecular formula is C15H23FN2. The van der Waals surface area contributed by atoms with Gasteiger partial charge in [0, 0.05) is 19.6 Å². The standard InChI is InChI=1S/C15H23FN2/c1-3-17-11-12-7-6-10-14(16)15(12)18(2)13-8-4-5-9-13/h6-7,10,13,17H,3-5,8-9,11H2,1-2H3. The third-order valence-corrected chi connectivity index (χ3v) is 3.86. The van der Waals surface area contributed by atoms with Gasteiger partial charge in [-0.05, 0) is 31.0 Å². The molecule has 0 aromatic heterocycles. The van der Waals surface area contributed by atoms with Crippen LogP contribution >= 0.6 is 0 Å². The first-order valence-electron chi connectivity index (χ1n) is 6.95. The van der Waals surface area contributed by atoms with E-state index in [9.17, 15) is 4.39 Å². The molecule has 2 nitrogen and oxygen atoms in total. The minimum Gasteiger partial charge on any atom is -0.369 e. The zero-order chi connectivity index (χ0) is 13.0. The number of para-hydroxylation sites is 1. The second-order valence-electron chi connectivity index (χ2n) is 5.08. The summed E-state index contributed by atoms with van der Waals surface area (Å²) in [6.45, 7) is 3.71.